The van der Waals surface area contributed by atoms with Gasteiger partial charge in [-0.3, -0.25) is 9.59 Å². The van der Waals surface area contributed by atoms with Crippen LogP contribution in [0.5, 0.6) is 5.88 Å². The zero-order valence-electron chi connectivity index (χ0n) is 15.7. The largest absolute Gasteiger partial charge is 0.480 e. The van der Waals surface area contributed by atoms with E-state index in [9.17, 15) is 9.59 Å². The molecule has 1 unspecified atom stereocenters. The molecule has 0 saturated carbocycles. The Kier molecular flexibility index (Phi) is 6.45. The number of rotatable bonds is 6. The van der Waals surface area contributed by atoms with Crippen molar-refractivity contribution in [3.8, 4) is 5.88 Å². The first-order valence-corrected chi connectivity index (χ1v) is 9.81. The lowest BCUT2D eigenvalue weighted by molar-refractivity contribution is -0.115. The van der Waals surface area contributed by atoms with E-state index >= 15 is 0 Å². The van der Waals surface area contributed by atoms with E-state index in [1.165, 1.54) is 0 Å². The Morgan fingerprint density at radius 1 is 1.32 bits per heavy atom. The van der Waals surface area contributed by atoms with Crippen molar-refractivity contribution in [3.05, 3.63) is 40.5 Å². The van der Waals surface area contributed by atoms with Gasteiger partial charge in [-0.2, -0.15) is 4.98 Å². The SMILES string of the molecule is CCC(=O)Nc1ccc(C(=O)N2CCC(Nc3ncc(Br)c(OC)n3)C2)cc1. The van der Waals surface area contributed by atoms with Crippen molar-refractivity contribution in [2.45, 2.75) is 25.8 Å². The fourth-order valence-corrected chi connectivity index (χ4v) is 3.29. The van der Waals surface area contributed by atoms with Crippen LogP contribution in [0.15, 0.2) is 34.9 Å². The predicted molar refractivity (Wildman–Crippen MR) is 110 cm³/mol. The van der Waals surface area contributed by atoms with Gasteiger partial charge in [0, 0.05) is 36.8 Å². The Bertz CT molecular complexity index is 859. The molecule has 0 bridgehead atoms. The molecule has 28 heavy (non-hydrogen) atoms. The number of carbonyl (C=O) groups is 2. The smallest absolute Gasteiger partial charge is 0.253 e. The van der Waals surface area contributed by atoms with Crippen LogP contribution in [0.4, 0.5) is 11.6 Å². The number of aromatic nitrogens is 2. The van der Waals surface area contributed by atoms with E-state index in [0.717, 1.165) is 6.42 Å². The van der Waals surface area contributed by atoms with Gasteiger partial charge < -0.3 is 20.3 Å². The third-order valence-electron chi connectivity index (χ3n) is 4.45. The first kappa shape index (κ1) is 20.1. The third kappa shape index (κ3) is 4.78. The predicted octanol–water partition coefficient (Wildman–Crippen LogP) is 2.92. The van der Waals surface area contributed by atoms with Crippen LogP contribution in [0, 0.1) is 0 Å². The van der Waals surface area contributed by atoms with Gasteiger partial charge in [-0.05, 0) is 46.6 Å². The highest BCUT2D eigenvalue weighted by Crippen LogP contribution is 2.23. The number of methoxy groups -OCH3 is 1. The molecule has 1 aliphatic heterocycles. The van der Waals surface area contributed by atoms with Gasteiger partial charge >= 0.3 is 0 Å². The summed E-state index contributed by atoms with van der Waals surface area (Å²) < 4.78 is 5.86. The van der Waals surface area contributed by atoms with Crippen LogP contribution >= 0.6 is 15.9 Å². The standard InChI is InChI=1S/C19H22BrN5O3/c1-3-16(26)22-13-6-4-12(5-7-13)18(27)25-9-8-14(11-25)23-19-21-10-15(20)17(24-19)28-2/h4-7,10,14H,3,8-9,11H2,1-2H3,(H,22,26)(H,21,23,24). The van der Waals surface area contributed by atoms with E-state index in [0.29, 0.717) is 47.1 Å². The average molecular weight is 448 g/mol. The van der Waals surface area contributed by atoms with Crippen molar-refractivity contribution in [2.24, 2.45) is 0 Å². The van der Waals surface area contributed by atoms with Gasteiger partial charge in [0.1, 0.15) is 0 Å². The fourth-order valence-electron chi connectivity index (χ4n) is 2.94. The molecule has 0 spiro atoms. The molecule has 1 atom stereocenters. The summed E-state index contributed by atoms with van der Waals surface area (Å²) >= 11 is 3.33. The van der Waals surface area contributed by atoms with Gasteiger partial charge in [0.15, 0.2) is 0 Å². The van der Waals surface area contributed by atoms with E-state index in [2.05, 4.69) is 36.5 Å². The number of hydrogen-bond acceptors (Lipinski definition) is 6. The summed E-state index contributed by atoms with van der Waals surface area (Å²) in [7, 11) is 1.55. The molecule has 3 rings (SSSR count). The molecule has 2 N–H and O–H groups in total. The van der Waals surface area contributed by atoms with Crippen LogP contribution in [0.25, 0.3) is 0 Å². The third-order valence-corrected chi connectivity index (χ3v) is 4.99. The van der Waals surface area contributed by atoms with Gasteiger partial charge in [0.2, 0.25) is 17.7 Å². The molecule has 0 aliphatic carbocycles. The van der Waals surface area contributed by atoms with Crippen LogP contribution < -0.4 is 15.4 Å². The van der Waals surface area contributed by atoms with Gasteiger partial charge in [-0.25, -0.2) is 4.98 Å². The molecule has 148 valence electrons. The second-order valence-electron chi connectivity index (χ2n) is 6.41. The first-order chi connectivity index (χ1) is 13.5. The van der Waals surface area contributed by atoms with Crippen molar-refractivity contribution in [1.82, 2.24) is 14.9 Å². The monoisotopic (exact) mass is 447 g/mol. The van der Waals surface area contributed by atoms with Gasteiger partial charge in [-0.15, -0.1) is 0 Å². The fraction of sp³-hybridized carbons (Fsp3) is 0.368. The highest BCUT2D eigenvalue weighted by atomic mass is 79.9. The van der Waals surface area contributed by atoms with Crippen molar-refractivity contribution >= 4 is 39.4 Å². The number of ether oxygens (including phenoxy) is 1. The van der Waals surface area contributed by atoms with Crippen LogP contribution in [-0.4, -0.2) is 52.9 Å². The lowest BCUT2D eigenvalue weighted by atomic mass is 10.2. The number of halogens is 1. The number of nitrogens with one attached hydrogen (secondary N) is 2. The van der Waals surface area contributed by atoms with Crippen molar-refractivity contribution < 1.29 is 14.3 Å². The van der Waals surface area contributed by atoms with Crippen molar-refractivity contribution in [1.29, 1.82) is 0 Å². The van der Waals surface area contributed by atoms with Crippen LogP contribution in [0.2, 0.25) is 0 Å². The molecule has 1 saturated heterocycles. The maximum absolute atomic E-state index is 12.7. The van der Waals surface area contributed by atoms with Crippen LogP contribution in [-0.2, 0) is 4.79 Å². The Morgan fingerprint density at radius 3 is 2.75 bits per heavy atom. The molecular formula is C19H22BrN5O3. The molecule has 1 aromatic carbocycles. The quantitative estimate of drug-likeness (QED) is 0.706. The first-order valence-electron chi connectivity index (χ1n) is 9.02. The summed E-state index contributed by atoms with van der Waals surface area (Å²) in [4.78, 5) is 34.5. The summed E-state index contributed by atoms with van der Waals surface area (Å²) in [6.07, 6.45) is 2.85. The Labute approximate surface area is 171 Å². The second-order valence-corrected chi connectivity index (χ2v) is 7.27. The minimum Gasteiger partial charge on any atom is -0.480 e. The molecule has 2 amide bonds. The lowest BCUT2D eigenvalue weighted by Gasteiger charge is -2.17. The summed E-state index contributed by atoms with van der Waals surface area (Å²) in [5.74, 6) is 0.834. The zero-order valence-corrected chi connectivity index (χ0v) is 17.3. The molecule has 9 heteroatoms. The van der Waals surface area contributed by atoms with E-state index < -0.39 is 0 Å². The minimum absolute atomic E-state index is 0.0352. The number of anilines is 2. The lowest BCUT2D eigenvalue weighted by Crippen LogP contribution is -2.31. The van der Waals surface area contributed by atoms with E-state index in [-0.39, 0.29) is 17.9 Å². The Balaban J connectivity index is 1.58. The highest BCUT2D eigenvalue weighted by molar-refractivity contribution is 9.10. The molecule has 1 aliphatic rings. The topological polar surface area (TPSA) is 96.5 Å². The minimum atomic E-state index is -0.0562. The van der Waals surface area contributed by atoms with Gasteiger partial charge in [0.05, 0.1) is 17.8 Å². The van der Waals surface area contributed by atoms with Crippen LogP contribution in [0.3, 0.4) is 0 Å². The number of likely N-dealkylation sites (tertiary alicyclic amines) is 1. The Hall–Kier alpha value is -2.68. The summed E-state index contributed by atoms with van der Waals surface area (Å²) in [6, 6.07) is 7.02. The van der Waals surface area contributed by atoms with Crippen molar-refractivity contribution in [3.63, 3.8) is 0 Å². The average Bonchev–Trinajstić information content (AvgIpc) is 3.17. The Morgan fingerprint density at radius 2 is 2.07 bits per heavy atom. The van der Waals surface area contributed by atoms with Gasteiger partial charge in [0.25, 0.3) is 5.91 Å². The molecule has 2 heterocycles. The molecule has 2 aromatic rings. The summed E-state index contributed by atoms with van der Waals surface area (Å²) in [5, 5.41) is 6.03. The number of nitrogens with zero attached hydrogens (tertiary/aromatic N) is 3. The van der Waals surface area contributed by atoms with Crippen LogP contribution in [0.1, 0.15) is 30.1 Å². The van der Waals surface area contributed by atoms with Gasteiger partial charge in [-0.1, -0.05) is 6.92 Å². The normalized spacial score (nSPS) is 16.0. The number of amides is 2. The summed E-state index contributed by atoms with van der Waals surface area (Å²) in [6.45, 7) is 3.01. The van der Waals surface area contributed by atoms with Crippen molar-refractivity contribution in [2.75, 3.05) is 30.8 Å². The molecule has 0 radical (unpaired) electrons. The summed E-state index contributed by atoms with van der Waals surface area (Å²) in [5.41, 5.74) is 1.28. The number of hydrogen-bond donors (Lipinski definition) is 2. The van der Waals surface area contributed by atoms with E-state index in [4.69, 9.17) is 4.74 Å². The molecular weight excluding hydrogens is 426 g/mol. The molecule has 1 aromatic heterocycles. The molecule has 1 fully saturated rings. The number of carbonyl (C=O) groups excluding carboxylic acids is 2. The second kappa shape index (κ2) is 9.01. The van der Waals surface area contributed by atoms with E-state index in [1.54, 1.807) is 49.4 Å². The van der Waals surface area contributed by atoms with E-state index in [1.807, 2.05) is 0 Å². The maximum atomic E-state index is 12.7. The molecule has 8 nitrogen and oxygen atoms in total. The number of benzene rings is 1. The highest BCUT2D eigenvalue weighted by Gasteiger charge is 2.27. The maximum Gasteiger partial charge on any atom is 0.253 e. The zero-order chi connectivity index (χ0) is 20.1.